The Bertz CT molecular complexity index is 2740. The molecule has 8 aromatic rings. The van der Waals surface area contributed by atoms with Crippen LogP contribution in [0.4, 0.5) is 17.1 Å². The summed E-state index contributed by atoms with van der Waals surface area (Å²) in [6.45, 7) is 14.5. The Labute approximate surface area is 304 Å². The molecule has 10 rings (SSSR count). The van der Waals surface area contributed by atoms with Crippen molar-refractivity contribution in [3.8, 4) is 22.3 Å². The van der Waals surface area contributed by atoms with Gasteiger partial charge in [0.05, 0.1) is 0 Å². The SMILES string of the molecule is CC1(C)c2cc(N(c3ccc4c(c3)C(C)(C)C(C)(C)c3ccccc3-4)c3ccc4c(c3)sc3ccccc34)ccc2-c2cc3ccccc3cc21. The van der Waals surface area contributed by atoms with Crippen molar-refractivity contribution >= 4 is 59.3 Å². The standard InChI is InChI=1S/C49H41NS/c1-47(2)42-26-31-14-8-7-13-30(31)25-40(42)37-23-20-32(27-43(37)47)50(34-21-24-39-38-16-10-12-18-45(38)51-46(39)29-34)33-19-22-36-35-15-9-11-17-41(35)48(3,4)49(5,6)44(36)28-33/h7-29H,1-6H3. The van der Waals surface area contributed by atoms with Crippen molar-refractivity contribution in [2.75, 3.05) is 4.90 Å². The number of rotatable bonds is 3. The van der Waals surface area contributed by atoms with Gasteiger partial charge in [-0.3, -0.25) is 0 Å². The molecule has 0 bridgehead atoms. The molecule has 7 aromatic carbocycles. The van der Waals surface area contributed by atoms with Gasteiger partial charge in [-0.2, -0.15) is 0 Å². The molecule has 0 aliphatic heterocycles. The van der Waals surface area contributed by atoms with E-state index in [0.29, 0.717) is 0 Å². The van der Waals surface area contributed by atoms with E-state index in [-0.39, 0.29) is 16.2 Å². The van der Waals surface area contributed by atoms with E-state index < -0.39 is 0 Å². The maximum atomic E-state index is 2.50. The van der Waals surface area contributed by atoms with Gasteiger partial charge in [-0.1, -0.05) is 126 Å². The van der Waals surface area contributed by atoms with E-state index in [0.717, 1.165) is 0 Å². The van der Waals surface area contributed by atoms with Gasteiger partial charge < -0.3 is 4.90 Å². The molecule has 0 N–H and O–H groups in total. The summed E-state index contributed by atoms with van der Waals surface area (Å²) in [5, 5.41) is 5.25. The van der Waals surface area contributed by atoms with Gasteiger partial charge in [-0.15, -0.1) is 11.3 Å². The van der Waals surface area contributed by atoms with Crippen molar-refractivity contribution < 1.29 is 0 Å². The molecule has 0 amide bonds. The third kappa shape index (κ3) is 4.20. The van der Waals surface area contributed by atoms with Crippen LogP contribution in [0.15, 0.2) is 140 Å². The monoisotopic (exact) mass is 675 g/mol. The third-order valence-corrected chi connectivity index (χ3v) is 13.9. The molecule has 0 spiro atoms. The van der Waals surface area contributed by atoms with Crippen molar-refractivity contribution in [3.05, 3.63) is 162 Å². The second-order valence-electron chi connectivity index (χ2n) is 16.2. The number of hydrogen-bond acceptors (Lipinski definition) is 2. The van der Waals surface area contributed by atoms with Gasteiger partial charge >= 0.3 is 0 Å². The zero-order valence-corrected chi connectivity index (χ0v) is 31.0. The molecule has 2 aliphatic rings. The van der Waals surface area contributed by atoms with E-state index in [1.54, 1.807) is 0 Å². The zero-order valence-electron chi connectivity index (χ0n) is 30.1. The van der Waals surface area contributed by atoms with Crippen LogP contribution in [0.5, 0.6) is 0 Å². The van der Waals surface area contributed by atoms with Gasteiger partial charge in [0.25, 0.3) is 0 Å². The topological polar surface area (TPSA) is 3.24 Å². The van der Waals surface area contributed by atoms with Gasteiger partial charge in [0, 0.05) is 42.6 Å². The Hall–Kier alpha value is -5.18. The second kappa shape index (κ2) is 10.4. The molecule has 1 heterocycles. The molecule has 51 heavy (non-hydrogen) atoms. The van der Waals surface area contributed by atoms with Crippen molar-refractivity contribution in [1.82, 2.24) is 0 Å². The van der Waals surface area contributed by atoms with Gasteiger partial charge in [-0.25, -0.2) is 0 Å². The van der Waals surface area contributed by atoms with Crippen molar-refractivity contribution in [2.24, 2.45) is 0 Å². The van der Waals surface area contributed by atoms with Crippen molar-refractivity contribution in [3.63, 3.8) is 0 Å². The lowest BCUT2D eigenvalue weighted by Crippen LogP contribution is -2.43. The summed E-state index contributed by atoms with van der Waals surface area (Å²) in [6, 6.07) is 52.8. The molecular formula is C49H41NS. The van der Waals surface area contributed by atoms with Gasteiger partial charge in [-0.05, 0) is 121 Å². The molecule has 2 heteroatoms. The Balaban J connectivity index is 1.20. The highest BCUT2D eigenvalue weighted by molar-refractivity contribution is 7.25. The minimum absolute atomic E-state index is 0.0387. The molecule has 1 aromatic heterocycles. The van der Waals surface area contributed by atoms with Gasteiger partial charge in [0.15, 0.2) is 0 Å². The number of fused-ring (bicyclic) bond motifs is 10. The number of benzene rings is 7. The fraction of sp³-hybridized carbons (Fsp3) is 0.184. The fourth-order valence-corrected chi connectivity index (χ4v) is 10.3. The molecule has 0 atom stereocenters. The Morgan fingerprint density at radius 1 is 0.392 bits per heavy atom. The van der Waals surface area contributed by atoms with Crippen LogP contribution in [0.25, 0.3) is 53.2 Å². The molecule has 0 unspecified atom stereocenters. The fourth-order valence-electron chi connectivity index (χ4n) is 9.21. The molecule has 1 nitrogen and oxygen atoms in total. The molecule has 0 saturated carbocycles. The van der Waals surface area contributed by atoms with Crippen molar-refractivity contribution in [2.45, 2.75) is 57.8 Å². The van der Waals surface area contributed by atoms with Crippen LogP contribution < -0.4 is 4.90 Å². The first-order valence-corrected chi connectivity index (χ1v) is 19.0. The minimum atomic E-state index is -0.128. The quantitative estimate of drug-likeness (QED) is 0.180. The maximum absolute atomic E-state index is 2.50. The van der Waals surface area contributed by atoms with E-state index in [1.807, 2.05) is 11.3 Å². The summed E-state index contributed by atoms with van der Waals surface area (Å²) >= 11 is 1.88. The first-order valence-electron chi connectivity index (χ1n) is 18.2. The van der Waals surface area contributed by atoms with Crippen LogP contribution in [0.1, 0.15) is 63.8 Å². The van der Waals surface area contributed by atoms with E-state index in [1.165, 1.54) is 92.5 Å². The molecule has 0 fully saturated rings. The van der Waals surface area contributed by atoms with E-state index >= 15 is 0 Å². The lowest BCUT2D eigenvalue weighted by Gasteiger charge is -2.48. The lowest BCUT2D eigenvalue weighted by molar-refractivity contribution is 0.299. The summed E-state index contributed by atoms with van der Waals surface area (Å²) in [5.74, 6) is 0. The highest BCUT2D eigenvalue weighted by Gasteiger charge is 2.46. The van der Waals surface area contributed by atoms with Crippen LogP contribution in [-0.2, 0) is 16.2 Å². The summed E-state index contributed by atoms with van der Waals surface area (Å²) < 4.78 is 2.64. The number of thiophene rings is 1. The number of hydrogen-bond donors (Lipinski definition) is 0. The Morgan fingerprint density at radius 2 is 0.922 bits per heavy atom. The van der Waals surface area contributed by atoms with E-state index in [9.17, 15) is 0 Å². The van der Waals surface area contributed by atoms with E-state index in [4.69, 9.17) is 0 Å². The normalized spacial score (nSPS) is 16.1. The minimum Gasteiger partial charge on any atom is -0.310 e. The van der Waals surface area contributed by atoms with Gasteiger partial charge in [0.1, 0.15) is 0 Å². The molecule has 0 radical (unpaired) electrons. The summed E-state index contributed by atoms with van der Waals surface area (Å²) in [5.41, 5.74) is 14.3. The first kappa shape index (κ1) is 30.6. The highest BCUT2D eigenvalue weighted by Crippen LogP contribution is 2.56. The maximum Gasteiger partial charge on any atom is 0.0476 e. The molecule has 0 saturated heterocycles. The van der Waals surface area contributed by atoms with Crippen LogP contribution in [0.2, 0.25) is 0 Å². The molecular weight excluding hydrogens is 635 g/mol. The largest absolute Gasteiger partial charge is 0.310 e. The molecule has 248 valence electrons. The van der Waals surface area contributed by atoms with Crippen LogP contribution in [-0.4, -0.2) is 0 Å². The second-order valence-corrected chi connectivity index (χ2v) is 17.3. The van der Waals surface area contributed by atoms with Crippen LogP contribution >= 0.6 is 11.3 Å². The van der Waals surface area contributed by atoms with Crippen molar-refractivity contribution in [1.29, 1.82) is 0 Å². The predicted molar refractivity (Wildman–Crippen MR) is 221 cm³/mol. The van der Waals surface area contributed by atoms with Crippen LogP contribution in [0, 0.1) is 0 Å². The van der Waals surface area contributed by atoms with Crippen LogP contribution in [0.3, 0.4) is 0 Å². The van der Waals surface area contributed by atoms with E-state index in [2.05, 4.69) is 186 Å². The predicted octanol–water partition coefficient (Wildman–Crippen LogP) is 14.2. The Kier molecular flexibility index (Phi) is 6.27. The molecule has 2 aliphatic carbocycles. The van der Waals surface area contributed by atoms with Gasteiger partial charge in [0.2, 0.25) is 0 Å². The number of nitrogens with zero attached hydrogens (tertiary/aromatic N) is 1. The average molecular weight is 676 g/mol. The number of anilines is 3. The summed E-state index contributed by atoms with van der Waals surface area (Å²) in [7, 11) is 0. The summed E-state index contributed by atoms with van der Waals surface area (Å²) in [6.07, 6.45) is 0. The summed E-state index contributed by atoms with van der Waals surface area (Å²) in [4.78, 5) is 2.50. The average Bonchev–Trinajstić information content (AvgIpc) is 3.61. The smallest absolute Gasteiger partial charge is 0.0476 e. The third-order valence-electron chi connectivity index (χ3n) is 12.8. The Morgan fingerprint density at radius 3 is 1.71 bits per heavy atom. The zero-order chi connectivity index (χ0) is 34.9. The lowest BCUT2D eigenvalue weighted by atomic mass is 9.55. The first-order chi connectivity index (χ1) is 24.5. The highest BCUT2D eigenvalue weighted by atomic mass is 32.1.